The van der Waals surface area contributed by atoms with Gasteiger partial charge < -0.3 is 10.1 Å². The summed E-state index contributed by atoms with van der Waals surface area (Å²) in [6.07, 6.45) is 3.27. The van der Waals surface area contributed by atoms with Gasteiger partial charge in [0.2, 0.25) is 0 Å². The smallest absolute Gasteiger partial charge is 0.325 e. The molecule has 0 saturated heterocycles. The summed E-state index contributed by atoms with van der Waals surface area (Å²) in [6, 6.07) is 1.99. The first-order valence-electron chi connectivity index (χ1n) is 7.28. The summed E-state index contributed by atoms with van der Waals surface area (Å²) >= 11 is 1.55. The van der Waals surface area contributed by atoms with Crippen LogP contribution >= 0.6 is 11.3 Å². The third kappa shape index (κ3) is 3.84. The number of rotatable bonds is 3. The van der Waals surface area contributed by atoms with Gasteiger partial charge >= 0.3 is 5.97 Å². The molecule has 1 aromatic heterocycles. The van der Waals surface area contributed by atoms with Crippen molar-refractivity contribution < 1.29 is 14.3 Å². The molecule has 1 N–H and O–H groups in total. The van der Waals surface area contributed by atoms with Crippen LogP contribution in [0.25, 0.3) is 0 Å². The van der Waals surface area contributed by atoms with Crippen LogP contribution in [0.5, 0.6) is 0 Å². The van der Waals surface area contributed by atoms with E-state index in [1.54, 1.807) is 11.3 Å². The second-order valence-electron chi connectivity index (χ2n) is 6.62. The molecule has 1 aromatic rings. The number of fused-ring (bicyclic) bond motifs is 1. The Bertz CT molecular complexity index is 542. The van der Waals surface area contributed by atoms with Gasteiger partial charge in [0.05, 0.1) is 12.0 Å². The molecule has 1 aliphatic carbocycles. The van der Waals surface area contributed by atoms with Gasteiger partial charge in [-0.15, -0.1) is 11.3 Å². The van der Waals surface area contributed by atoms with E-state index >= 15 is 0 Å². The normalized spacial score (nSPS) is 18.0. The van der Waals surface area contributed by atoms with Crippen LogP contribution in [0.2, 0.25) is 0 Å². The Balaban J connectivity index is 2.04. The van der Waals surface area contributed by atoms with Crippen LogP contribution in [0.15, 0.2) is 6.07 Å². The first-order valence-corrected chi connectivity index (χ1v) is 8.09. The molecule has 116 valence electrons. The van der Waals surface area contributed by atoms with E-state index in [1.165, 1.54) is 24.0 Å². The van der Waals surface area contributed by atoms with Crippen LogP contribution < -0.4 is 5.32 Å². The number of amides is 1. The van der Waals surface area contributed by atoms with Crippen molar-refractivity contribution in [2.75, 3.05) is 13.7 Å². The lowest BCUT2D eigenvalue weighted by Crippen LogP contribution is -2.29. The Morgan fingerprint density at radius 2 is 2.14 bits per heavy atom. The zero-order valence-electron chi connectivity index (χ0n) is 13.1. The van der Waals surface area contributed by atoms with E-state index in [0.717, 1.165) is 12.8 Å². The van der Waals surface area contributed by atoms with Crippen molar-refractivity contribution in [2.45, 2.75) is 40.0 Å². The topological polar surface area (TPSA) is 55.4 Å². The average molecular weight is 309 g/mol. The van der Waals surface area contributed by atoms with Crippen molar-refractivity contribution in [1.82, 2.24) is 5.32 Å². The Morgan fingerprint density at radius 1 is 1.43 bits per heavy atom. The van der Waals surface area contributed by atoms with Crippen LogP contribution in [-0.4, -0.2) is 25.5 Å². The Hall–Kier alpha value is -1.36. The maximum atomic E-state index is 12.1. The van der Waals surface area contributed by atoms with Gasteiger partial charge in [-0.05, 0) is 42.2 Å². The van der Waals surface area contributed by atoms with Crippen molar-refractivity contribution in [3.63, 3.8) is 0 Å². The van der Waals surface area contributed by atoms with E-state index in [4.69, 9.17) is 0 Å². The quantitative estimate of drug-likeness (QED) is 0.874. The minimum atomic E-state index is -0.433. The summed E-state index contributed by atoms with van der Waals surface area (Å²) in [5, 5.41) is 2.60. The Morgan fingerprint density at radius 3 is 2.76 bits per heavy atom. The minimum Gasteiger partial charge on any atom is -0.468 e. The number of ether oxygens (including phenoxy) is 1. The van der Waals surface area contributed by atoms with Crippen LogP contribution in [0.3, 0.4) is 0 Å². The lowest BCUT2D eigenvalue weighted by molar-refractivity contribution is -0.139. The predicted molar refractivity (Wildman–Crippen MR) is 83.6 cm³/mol. The van der Waals surface area contributed by atoms with Gasteiger partial charge in [0, 0.05) is 4.88 Å². The van der Waals surface area contributed by atoms with Crippen LogP contribution in [0.4, 0.5) is 0 Å². The van der Waals surface area contributed by atoms with E-state index in [-0.39, 0.29) is 12.5 Å². The average Bonchev–Trinajstić information content (AvgIpc) is 2.86. The molecule has 0 saturated carbocycles. The first-order chi connectivity index (χ1) is 9.81. The molecule has 5 heteroatoms. The van der Waals surface area contributed by atoms with Crippen molar-refractivity contribution >= 4 is 23.2 Å². The minimum absolute atomic E-state index is 0.0808. The molecule has 0 aromatic carbocycles. The van der Waals surface area contributed by atoms with Crippen LogP contribution in [-0.2, 0) is 22.4 Å². The number of nitrogens with one attached hydrogen (secondary N) is 1. The number of carbonyl (C=O) groups is 2. The monoisotopic (exact) mass is 309 g/mol. The fraction of sp³-hybridized carbons (Fsp3) is 0.625. The van der Waals surface area contributed by atoms with E-state index < -0.39 is 5.97 Å². The number of esters is 1. The summed E-state index contributed by atoms with van der Waals surface area (Å²) in [5.41, 5.74) is 1.60. The molecule has 0 bridgehead atoms. The fourth-order valence-corrected chi connectivity index (χ4v) is 3.81. The molecular weight excluding hydrogens is 286 g/mol. The maximum Gasteiger partial charge on any atom is 0.325 e. The zero-order valence-corrected chi connectivity index (χ0v) is 13.9. The summed E-state index contributed by atoms with van der Waals surface area (Å²) in [4.78, 5) is 25.1. The maximum absolute atomic E-state index is 12.1. The third-order valence-corrected chi connectivity index (χ3v) is 5.39. The first kappa shape index (κ1) is 16.0. The molecule has 0 fully saturated rings. The molecule has 2 rings (SSSR count). The van der Waals surface area contributed by atoms with E-state index in [0.29, 0.717) is 16.2 Å². The molecule has 21 heavy (non-hydrogen) atoms. The third-order valence-electron chi connectivity index (χ3n) is 4.15. The second kappa shape index (κ2) is 6.18. The number of carbonyl (C=O) groups excluding carboxylic acids is 2. The van der Waals surface area contributed by atoms with Crippen LogP contribution in [0, 0.1) is 11.3 Å². The van der Waals surface area contributed by atoms with Gasteiger partial charge in [0.25, 0.3) is 5.91 Å². The van der Waals surface area contributed by atoms with E-state index in [2.05, 4.69) is 30.8 Å². The van der Waals surface area contributed by atoms with E-state index in [1.807, 2.05) is 6.07 Å². The number of hydrogen-bond donors (Lipinski definition) is 1. The number of thiophene rings is 1. The van der Waals surface area contributed by atoms with Crippen molar-refractivity contribution in [3.8, 4) is 0 Å². The Labute approximate surface area is 129 Å². The number of aryl methyl sites for hydroxylation is 1. The summed E-state index contributed by atoms with van der Waals surface area (Å²) < 4.78 is 4.52. The number of hydrogen-bond acceptors (Lipinski definition) is 4. The summed E-state index contributed by atoms with van der Waals surface area (Å²) in [7, 11) is 1.31. The molecule has 0 radical (unpaired) electrons. The second-order valence-corrected chi connectivity index (χ2v) is 7.76. The lowest BCUT2D eigenvalue weighted by Gasteiger charge is -2.33. The molecule has 1 amide bonds. The van der Waals surface area contributed by atoms with Crippen molar-refractivity contribution in [2.24, 2.45) is 11.3 Å². The SMILES string of the molecule is COC(=O)CNC(=O)c1cc2c(s1)CCC(C(C)(C)C)C2. The molecule has 1 atom stereocenters. The summed E-state index contributed by atoms with van der Waals surface area (Å²) in [6.45, 7) is 6.75. The van der Waals surface area contributed by atoms with Crippen molar-refractivity contribution in [1.29, 1.82) is 0 Å². The molecular formula is C16H23NO3S. The fourth-order valence-electron chi connectivity index (χ4n) is 2.69. The Kier molecular flexibility index (Phi) is 4.71. The van der Waals surface area contributed by atoms with Crippen LogP contribution in [0.1, 0.15) is 47.3 Å². The van der Waals surface area contributed by atoms with E-state index in [9.17, 15) is 9.59 Å². The molecule has 4 nitrogen and oxygen atoms in total. The molecule has 0 spiro atoms. The molecule has 1 unspecified atom stereocenters. The lowest BCUT2D eigenvalue weighted by atomic mass is 9.72. The highest BCUT2D eigenvalue weighted by atomic mass is 32.1. The molecule has 0 aliphatic heterocycles. The van der Waals surface area contributed by atoms with Gasteiger partial charge in [0.15, 0.2) is 0 Å². The van der Waals surface area contributed by atoms with Crippen molar-refractivity contribution in [3.05, 3.63) is 21.4 Å². The van der Waals surface area contributed by atoms with Gasteiger partial charge in [-0.1, -0.05) is 20.8 Å². The highest BCUT2D eigenvalue weighted by molar-refractivity contribution is 7.14. The zero-order chi connectivity index (χ0) is 15.6. The molecule has 1 heterocycles. The number of methoxy groups -OCH3 is 1. The van der Waals surface area contributed by atoms with Gasteiger partial charge in [-0.3, -0.25) is 9.59 Å². The highest BCUT2D eigenvalue weighted by Gasteiger charge is 2.30. The largest absolute Gasteiger partial charge is 0.468 e. The van der Waals surface area contributed by atoms with Gasteiger partial charge in [0.1, 0.15) is 6.54 Å². The standard InChI is InChI=1S/C16H23NO3S/c1-16(2,3)11-5-6-12-10(7-11)8-13(21-12)15(19)17-9-14(18)20-4/h8,11H,5-7,9H2,1-4H3,(H,17,19). The highest BCUT2D eigenvalue weighted by Crippen LogP contribution is 2.39. The summed E-state index contributed by atoms with van der Waals surface area (Å²) in [5.74, 6) is 0.0372. The molecule has 1 aliphatic rings. The van der Waals surface area contributed by atoms with Gasteiger partial charge in [-0.2, -0.15) is 0 Å². The van der Waals surface area contributed by atoms with Gasteiger partial charge in [-0.25, -0.2) is 0 Å². The predicted octanol–water partition coefficient (Wildman–Crippen LogP) is 2.80.